The molecule has 1 aromatic carbocycles. The Bertz CT molecular complexity index is 615. The zero-order chi connectivity index (χ0) is 15.6. The maximum atomic E-state index is 12.1. The second-order valence-electron chi connectivity index (χ2n) is 4.88. The Morgan fingerprint density at radius 1 is 1.14 bits per heavy atom. The van der Waals surface area contributed by atoms with Crippen molar-refractivity contribution in [3.05, 3.63) is 47.3 Å². The Kier molecular flexibility index (Phi) is 4.16. The zero-order valence-corrected chi connectivity index (χ0v) is 12.1. The fraction of sp³-hybridized carbons (Fsp3) is 0.333. The van der Waals surface area contributed by atoms with Gasteiger partial charge in [-0.15, -0.1) is 13.2 Å². The number of anilines is 1. The summed E-state index contributed by atoms with van der Waals surface area (Å²) in [7, 11) is 2.00. The van der Waals surface area contributed by atoms with Crippen molar-refractivity contribution in [2.24, 2.45) is 7.05 Å². The van der Waals surface area contributed by atoms with Crippen LogP contribution in [-0.2, 0) is 13.6 Å². The lowest BCUT2D eigenvalue weighted by Gasteiger charge is -2.10. The number of rotatable bonds is 4. The second kappa shape index (κ2) is 5.71. The van der Waals surface area contributed by atoms with E-state index < -0.39 is 6.36 Å². The van der Waals surface area contributed by atoms with Crippen molar-refractivity contribution in [1.82, 2.24) is 4.57 Å². The molecule has 0 aliphatic rings. The van der Waals surface area contributed by atoms with Gasteiger partial charge < -0.3 is 14.6 Å². The molecule has 2 rings (SSSR count). The van der Waals surface area contributed by atoms with Crippen molar-refractivity contribution in [1.29, 1.82) is 0 Å². The van der Waals surface area contributed by atoms with E-state index >= 15 is 0 Å². The van der Waals surface area contributed by atoms with Gasteiger partial charge in [0.2, 0.25) is 0 Å². The largest absolute Gasteiger partial charge is 0.573 e. The highest BCUT2D eigenvalue weighted by molar-refractivity contribution is 5.47. The molecule has 0 saturated heterocycles. The minimum Gasteiger partial charge on any atom is -0.406 e. The standard InChI is InChI=1S/C15H17F3N2O/c1-10-8-12(11(2)20(10)3)9-19-13-4-6-14(7-5-13)21-15(16,17)18/h4-8,19H,9H2,1-3H3. The Morgan fingerprint density at radius 3 is 2.24 bits per heavy atom. The number of alkyl halides is 3. The Balaban J connectivity index is 1.99. The maximum absolute atomic E-state index is 12.1. The Hall–Kier alpha value is -2.11. The third-order valence-corrected chi connectivity index (χ3v) is 3.45. The predicted octanol–water partition coefficient (Wildman–Crippen LogP) is 4.15. The SMILES string of the molecule is Cc1cc(CNc2ccc(OC(F)(F)F)cc2)c(C)n1C. The van der Waals surface area contributed by atoms with Gasteiger partial charge in [0, 0.05) is 30.7 Å². The molecule has 0 aliphatic carbocycles. The number of aryl methyl sites for hydroxylation is 1. The van der Waals surface area contributed by atoms with Crippen molar-refractivity contribution in [2.45, 2.75) is 26.8 Å². The van der Waals surface area contributed by atoms with Crippen LogP contribution in [0.3, 0.4) is 0 Å². The molecule has 6 heteroatoms. The summed E-state index contributed by atoms with van der Waals surface area (Å²) in [4.78, 5) is 0. The zero-order valence-electron chi connectivity index (χ0n) is 12.1. The first kappa shape index (κ1) is 15.3. The Labute approximate surface area is 121 Å². The van der Waals surface area contributed by atoms with Crippen LogP contribution in [0.1, 0.15) is 17.0 Å². The topological polar surface area (TPSA) is 26.2 Å². The van der Waals surface area contributed by atoms with E-state index in [1.54, 1.807) is 12.1 Å². The number of halogens is 3. The van der Waals surface area contributed by atoms with Crippen molar-refractivity contribution in [3.8, 4) is 5.75 Å². The molecule has 3 nitrogen and oxygen atoms in total. The average Bonchev–Trinajstić information content (AvgIpc) is 2.64. The van der Waals surface area contributed by atoms with Crippen LogP contribution in [0.5, 0.6) is 5.75 Å². The number of benzene rings is 1. The van der Waals surface area contributed by atoms with E-state index in [4.69, 9.17) is 0 Å². The van der Waals surface area contributed by atoms with Crippen LogP contribution < -0.4 is 10.1 Å². The van der Waals surface area contributed by atoms with Crippen LogP contribution in [-0.4, -0.2) is 10.9 Å². The molecular formula is C15H17F3N2O. The van der Waals surface area contributed by atoms with Gasteiger partial charge >= 0.3 is 6.36 Å². The lowest BCUT2D eigenvalue weighted by atomic mass is 10.2. The molecule has 0 unspecified atom stereocenters. The molecule has 114 valence electrons. The first-order chi connectivity index (χ1) is 9.76. The van der Waals surface area contributed by atoms with Gasteiger partial charge in [0.25, 0.3) is 0 Å². The van der Waals surface area contributed by atoms with Gasteiger partial charge in [-0.3, -0.25) is 0 Å². The van der Waals surface area contributed by atoms with Crippen LogP contribution in [0, 0.1) is 13.8 Å². The highest BCUT2D eigenvalue weighted by atomic mass is 19.4. The number of nitrogens with zero attached hydrogens (tertiary/aromatic N) is 1. The lowest BCUT2D eigenvalue weighted by Crippen LogP contribution is -2.17. The lowest BCUT2D eigenvalue weighted by molar-refractivity contribution is -0.274. The smallest absolute Gasteiger partial charge is 0.406 e. The molecule has 21 heavy (non-hydrogen) atoms. The van der Waals surface area contributed by atoms with Crippen molar-refractivity contribution in [3.63, 3.8) is 0 Å². The van der Waals surface area contributed by atoms with E-state index in [2.05, 4.69) is 20.7 Å². The normalized spacial score (nSPS) is 11.5. The Morgan fingerprint density at radius 2 is 1.76 bits per heavy atom. The highest BCUT2D eigenvalue weighted by Gasteiger charge is 2.30. The molecular weight excluding hydrogens is 281 g/mol. The minimum atomic E-state index is -4.66. The van der Waals surface area contributed by atoms with Gasteiger partial charge in [-0.25, -0.2) is 0 Å². The van der Waals surface area contributed by atoms with Gasteiger partial charge in [-0.1, -0.05) is 0 Å². The monoisotopic (exact) mass is 298 g/mol. The molecule has 0 bridgehead atoms. The molecule has 2 aromatic rings. The summed E-state index contributed by atoms with van der Waals surface area (Å²) in [6, 6.07) is 7.79. The molecule has 1 heterocycles. The minimum absolute atomic E-state index is 0.222. The van der Waals surface area contributed by atoms with Gasteiger partial charge in [-0.05, 0) is 49.7 Å². The third-order valence-electron chi connectivity index (χ3n) is 3.45. The van der Waals surface area contributed by atoms with Crippen molar-refractivity contribution in [2.75, 3.05) is 5.32 Å². The fourth-order valence-electron chi connectivity index (χ4n) is 2.08. The molecule has 0 aliphatic heterocycles. The van der Waals surface area contributed by atoms with Crippen molar-refractivity contribution < 1.29 is 17.9 Å². The molecule has 1 aromatic heterocycles. The number of nitrogens with one attached hydrogen (secondary N) is 1. The molecule has 0 atom stereocenters. The van der Waals surface area contributed by atoms with Crippen molar-refractivity contribution >= 4 is 5.69 Å². The van der Waals surface area contributed by atoms with Gasteiger partial charge in [0.15, 0.2) is 0 Å². The molecule has 0 radical (unpaired) electrons. The number of ether oxygens (including phenoxy) is 1. The fourth-order valence-corrected chi connectivity index (χ4v) is 2.08. The van der Waals surface area contributed by atoms with Crippen LogP contribution in [0.15, 0.2) is 30.3 Å². The number of hydrogen-bond donors (Lipinski definition) is 1. The summed E-state index contributed by atoms with van der Waals surface area (Å²) in [5.41, 5.74) is 4.23. The van der Waals surface area contributed by atoms with E-state index in [0.717, 1.165) is 16.9 Å². The third kappa shape index (κ3) is 3.93. The molecule has 1 N–H and O–H groups in total. The molecule has 0 fully saturated rings. The summed E-state index contributed by atoms with van der Waals surface area (Å²) in [5.74, 6) is -0.222. The van der Waals surface area contributed by atoms with Gasteiger partial charge in [0.1, 0.15) is 5.75 Å². The summed E-state index contributed by atoms with van der Waals surface area (Å²) < 4.78 is 42.1. The van der Waals surface area contributed by atoms with E-state index in [1.807, 2.05) is 20.9 Å². The van der Waals surface area contributed by atoms with Crippen LogP contribution in [0.25, 0.3) is 0 Å². The van der Waals surface area contributed by atoms with E-state index in [9.17, 15) is 13.2 Å². The molecule has 0 saturated carbocycles. The number of aromatic nitrogens is 1. The maximum Gasteiger partial charge on any atom is 0.573 e. The summed E-state index contributed by atoms with van der Waals surface area (Å²) >= 11 is 0. The molecule has 0 spiro atoms. The van der Waals surface area contributed by atoms with Crippen LogP contribution in [0.4, 0.5) is 18.9 Å². The summed E-state index contributed by atoms with van der Waals surface area (Å²) in [6.45, 7) is 4.68. The van der Waals surface area contributed by atoms with E-state index in [1.165, 1.54) is 17.8 Å². The average molecular weight is 298 g/mol. The predicted molar refractivity (Wildman–Crippen MR) is 75.3 cm³/mol. The summed E-state index contributed by atoms with van der Waals surface area (Å²) in [6.07, 6.45) is -4.66. The van der Waals surface area contributed by atoms with E-state index in [0.29, 0.717) is 6.54 Å². The second-order valence-corrected chi connectivity index (χ2v) is 4.88. The number of hydrogen-bond acceptors (Lipinski definition) is 2. The van der Waals surface area contributed by atoms with Crippen LogP contribution >= 0.6 is 0 Å². The van der Waals surface area contributed by atoms with Crippen LogP contribution in [0.2, 0.25) is 0 Å². The van der Waals surface area contributed by atoms with E-state index in [-0.39, 0.29) is 5.75 Å². The highest BCUT2D eigenvalue weighted by Crippen LogP contribution is 2.24. The van der Waals surface area contributed by atoms with Gasteiger partial charge in [-0.2, -0.15) is 0 Å². The first-order valence-electron chi connectivity index (χ1n) is 6.48. The molecule has 0 amide bonds. The van der Waals surface area contributed by atoms with Gasteiger partial charge in [0.05, 0.1) is 0 Å². The first-order valence-corrected chi connectivity index (χ1v) is 6.48. The quantitative estimate of drug-likeness (QED) is 0.917. The summed E-state index contributed by atoms with van der Waals surface area (Å²) in [5, 5.41) is 3.18.